The average Bonchev–Trinajstić information content (AvgIpc) is 3.06. The number of benzene rings is 3. The van der Waals surface area contributed by atoms with E-state index in [-0.39, 0.29) is 10.6 Å². The van der Waals surface area contributed by atoms with Gasteiger partial charge in [0.2, 0.25) is 0 Å². The van der Waals surface area contributed by atoms with E-state index in [1.54, 1.807) is 12.1 Å². The second-order valence-electron chi connectivity index (χ2n) is 6.73. The normalized spacial score (nSPS) is 12.2. The second-order valence-corrected chi connectivity index (χ2v) is 8.12. The molecule has 0 aliphatic heterocycles. The summed E-state index contributed by atoms with van der Waals surface area (Å²) in [6.45, 7) is 2.90. The molecule has 0 radical (unpaired) electrons. The predicted octanol–water partition coefficient (Wildman–Crippen LogP) is 6.45. The largest absolute Gasteiger partial charge is 0.342 e. The van der Waals surface area contributed by atoms with Gasteiger partial charge in [-0.2, -0.15) is 0 Å². The monoisotopic (exact) mass is 388 g/mol. The number of nitro groups is 1. The summed E-state index contributed by atoms with van der Waals surface area (Å²) in [6.07, 6.45) is 2.19. The van der Waals surface area contributed by atoms with Crippen LogP contribution < -0.4 is 0 Å². The van der Waals surface area contributed by atoms with E-state index in [0.717, 1.165) is 5.56 Å². The molecule has 1 atom stereocenters. The summed E-state index contributed by atoms with van der Waals surface area (Å²) in [6, 6.07) is 25.7. The first-order valence-electron chi connectivity index (χ1n) is 9.14. The molecule has 1 aromatic heterocycles. The molecule has 0 aliphatic carbocycles. The molecular formula is C23H20N2O2S. The molecule has 5 heteroatoms. The zero-order chi connectivity index (χ0) is 19.5. The molecule has 0 aliphatic rings. The molecule has 1 unspecified atom stereocenters. The minimum Gasteiger partial charge on any atom is -0.342 e. The van der Waals surface area contributed by atoms with Crippen molar-refractivity contribution < 1.29 is 4.92 Å². The molecule has 28 heavy (non-hydrogen) atoms. The van der Waals surface area contributed by atoms with Crippen molar-refractivity contribution >= 4 is 28.4 Å². The van der Waals surface area contributed by atoms with Crippen molar-refractivity contribution in [2.24, 2.45) is 0 Å². The van der Waals surface area contributed by atoms with Gasteiger partial charge in [-0.1, -0.05) is 60.7 Å². The molecule has 0 saturated heterocycles. The average molecular weight is 388 g/mol. The van der Waals surface area contributed by atoms with Crippen LogP contribution in [0.3, 0.4) is 0 Å². The number of hydrogen-bond donors (Lipinski definition) is 0. The summed E-state index contributed by atoms with van der Waals surface area (Å²) in [7, 11) is 0. The lowest BCUT2D eigenvalue weighted by molar-refractivity contribution is -0.384. The van der Waals surface area contributed by atoms with Gasteiger partial charge in [0, 0.05) is 45.9 Å². The number of non-ortho nitro benzene ring substituents is 1. The lowest BCUT2D eigenvalue weighted by Crippen LogP contribution is -1.98. The van der Waals surface area contributed by atoms with Crippen molar-refractivity contribution in [3.63, 3.8) is 0 Å². The number of thioether (sulfide) groups is 1. The van der Waals surface area contributed by atoms with E-state index in [1.807, 2.05) is 36.0 Å². The first kappa shape index (κ1) is 18.3. The van der Waals surface area contributed by atoms with E-state index in [1.165, 1.54) is 21.4 Å². The first-order chi connectivity index (χ1) is 13.6. The Hall–Kier alpha value is -3.05. The summed E-state index contributed by atoms with van der Waals surface area (Å²) in [5, 5.41) is 12.4. The third-order valence-corrected chi connectivity index (χ3v) is 6.03. The van der Waals surface area contributed by atoms with E-state index in [9.17, 15) is 10.1 Å². The van der Waals surface area contributed by atoms with Crippen molar-refractivity contribution in [2.75, 3.05) is 0 Å². The number of nitro benzene ring substituents is 1. The SMILES string of the molecule is CC(Sc1cn(Cc2ccc([N+](=O)[O-])cc2)c2ccccc12)c1ccccc1. The molecule has 4 nitrogen and oxygen atoms in total. The molecule has 0 N–H and O–H groups in total. The Balaban J connectivity index is 1.63. The third-order valence-electron chi connectivity index (χ3n) is 4.82. The second kappa shape index (κ2) is 7.90. The molecule has 4 rings (SSSR count). The van der Waals surface area contributed by atoms with Crippen LogP contribution in [0.1, 0.15) is 23.3 Å². The quantitative estimate of drug-likeness (QED) is 0.217. The van der Waals surface area contributed by atoms with Crippen LogP contribution >= 0.6 is 11.8 Å². The van der Waals surface area contributed by atoms with E-state index >= 15 is 0 Å². The van der Waals surface area contributed by atoms with Gasteiger partial charge >= 0.3 is 0 Å². The Kier molecular flexibility index (Phi) is 5.17. The Labute approximate surface area is 168 Å². The van der Waals surface area contributed by atoms with Crippen molar-refractivity contribution in [3.05, 3.63) is 106 Å². The molecule has 0 amide bonds. The summed E-state index contributed by atoms with van der Waals surface area (Å²) in [5.41, 5.74) is 3.64. The van der Waals surface area contributed by atoms with Crippen molar-refractivity contribution in [3.8, 4) is 0 Å². The molecule has 1 heterocycles. The Morgan fingerprint density at radius 1 is 0.964 bits per heavy atom. The highest BCUT2D eigenvalue weighted by atomic mass is 32.2. The lowest BCUT2D eigenvalue weighted by atomic mass is 10.2. The number of para-hydroxylation sites is 1. The number of hydrogen-bond acceptors (Lipinski definition) is 3. The van der Waals surface area contributed by atoms with Crippen LogP contribution in [0.15, 0.2) is 90.0 Å². The van der Waals surface area contributed by atoms with Gasteiger partial charge < -0.3 is 4.57 Å². The highest BCUT2D eigenvalue weighted by molar-refractivity contribution is 7.99. The van der Waals surface area contributed by atoms with Crippen LogP contribution in [0.25, 0.3) is 10.9 Å². The van der Waals surface area contributed by atoms with Crippen LogP contribution in [0, 0.1) is 10.1 Å². The molecule has 3 aromatic carbocycles. The summed E-state index contributed by atoms with van der Waals surface area (Å²) >= 11 is 1.85. The van der Waals surface area contributed by atoms with Crippen molar-refractivity contribution in [2.45, 2.75) is 23.6 Å². The van der Waals surface area contributed by atoms with E-state index in [4.69, 9.17) is 0 Å². The zero-order valence-electron chi connectivity index (χ0n) is 15.5. The van der Waals surface area contributed by atoms with Crippen LogP contribution in [-0.2, 0) is 6.54 Å². The summed E-state index contributed by atoms with van der Waals surface area (Å²) in [4.78, 5) is 11.7. The highest BCUT2D eigenvalue weighted by Gasteiger charge is 2.14. The Morgan fingerprint density at radius 2 is 1.64 bits per heavy atom. The van der Waals surface area contributed by atoms with E-state index in [0.29, 0.717) is 11.8 Å². The topological polar surface area (TPSA) is 48.1 Å². The summed E-state index contributed by atoms with van der Waals surface area (Å²) in [5.74, 6) is 0. The molecule has 0 spiro atoms. The van der Waals surface area contributed by atoms with Crippen LogP contribution in [-0.4, -0.2) is 9.49 Å². The molecule has 4 aromatic rings. The smallest absolute Gasteiger partial charge is 0.269 e. The summed E-state index contributed by atoms with van der Waals surface area (Å²) < 4.78 is 2.22. The van der Waals surface area contributed by atoms with Crippen molar-refractivity contribution in [1.29, 1.82) is 0 Å². The number of rotatable bonds is 6. The minimum atomic E-state index is -0.367. The van der Waals surface area contributed by atoms with Gasteiger partial charge in [-0.05, 0) is 24.1 Å². The van der Waals surface area contributed by atoms with Crippen LogP contribution in [0.5, 0.6) is 0 Å². The highest BCUT2D eigenvalue weighted by Crippen LogP contribution is 2.39. The number of fused-ring (bicyclic) bond motifs is 1. The van der Waals surface area contributed by atoms with E-state index < -0.39 is 0 Å². The number of nitrogens with zero attached hydrogens (tertiary/aromatic N) is 2. The fourth-order valence-electron chi connectivity index (χ4n) is 3.34. The van der Waals surface area contributed by atoms with Gasteiger partial charge in [0.05, 0.1) is 4.92 Å². The minimum absolute atomic E-state index is 0.119. The molecule has 0 saturated carbocycles. The van der Waals surface area contributed by atoms with Gasteiger partial charge in [0.1, 0.15) is 0 Å². The molecule has 0 fully saturated rings. The fourth-order valence-corrected chi connectivity index (χ4v) is 4.50. The van der Waals surface area contributed by atoms with Gasteiger partial charge in [-0.15, -0.1) is 11.8 Å². The third kappa shape index (κ3) is 3.80. The maximum absolute atomic E-state index is 10.9. The van der Waals surface area contributed by atoms with Crippen molar-refractivity contribution in [1.82, 2.24) is 4.57 Å². The molecule has 140 valence electrons. The van der Waals surface area contributed by atoms with Crippen LogP contribution in [0.4, 0.5) is 5.69 Å². The molecule has 0 bridgehead atoms. The van der Waals surface area contributed by atoms with Gasteiger partial charge in [-0.25, -0.2) is 0 Å². The first-order valence-corrected chi connectivity index (χ1v) is 10.0. The number of aromatic nitrogens is 1. The standard InChI is InChI=1S/C23H20N2O2S/c1-17(19-7-3-2-4-8-19)28-23-16-24(22-10-6-5-9-21(22)23)15-18-11-13-20(14-12-18)25(26)27/h2-14,16-17H,15H2,1H3. The van der Waals surface area contributed by atoms with Gasteiger partial charge in [0.25, 0.3) is 5.69 Å². The maximum atomic E-state index is 10.9. The fraction of sp³-hybridized carbons (Fsp3) is 0.130. The molecular weight excluding hydrogens is 368 g/mol. The lowest BCUT2D eigenvalue weighted by Gasteiger charge is -2.10. The van der Waals surface area contributed by atoms with Crippen LogP contribution in [0.2, 0.25) is 0 Å². The Bertz CT molecular complexity index is 1100. The zero-order valence-corrected chi connectivity index (χ0v) is 16.3. The van der Waals surface area contributed by atoms with Gasteiger partial charge in [0.15, 0.2) is 0 Å². The van der Waals surface area contributed by atoms with Gasteiger partial charge in [-0.3, -0.25) is 10.1 Å². The predicted molar refractivity (Wildman–Crippen MR) is 115 cm³/mol. The van der Waals surface area contributed by atoms with E-state index in [2.05, 4.69) is 60.2 Å². The maximum Gasteiger partial charge on any atom is 0.269 e. The Morgan fingerprint density at radius 3 is 2.36 bits per heavy atom.